The summed E-state index contributed by atoms with van der Waals surface area (Å²) in [6, 6.07) is 0.343. The van der Waals surface area contributed by atoms with Crippen LogP contribution in [0, 0.1) is 13.8 Å². The van der Waals surface area contributed by atoms with Crippen molar-refractivity contribution in [2.45, 2.75) is 32.9 Å². The molecule has 0 bridgehead atoms. The van der Waals surface area contributed by atoms with Gasteiger partial charge < -0.3 is 10.3 Å². The molecule has 78 valence electrons. The van der Waals surface area contributed by atoms with Crippen molar-refractivity contribution in [2.24, 2.45) is 5.73 Å². The third-order valence-electron chi connectivity index (χ3n) is 2.87. The van der Waals surface area contributed by atoms with Crippen LogP contribution in [-0.4, -0.2) is 29.2 Å². The Hall–Kier alpha value is -0.870. The molecule has 1 fully saturated rings. The molecule has 14 heavy (non-hydrogen) atoms. The molecule has 4 nitrogen and oxygen atoms in total. The normalized spacial score (nSPS) is 23.2. The Balaban J connectivity index is 2.04. The molecule has 4 heteroatoms. The average molecular weight is 195 g/mol. The van der Waals surface area contributed by atoms with Crippen molar-refractivity contribution < 1.29 is 4.52 Å². The summed E-state index contributed by atoms with van der Waals surface area (Å²) in [5.74, 6) is 0.933. The number of aryl methyl sites for hydroxylation is 2. The topological polar surface area (TPSA) is 55.3 Å². The first-order chi connectivity index (χ1) is 6.66. The van der Waals surface area contributed by atoms with Crippen LogP contribution in [0.1, 0.15) is 23.4 Å². The van der Waals surface area contributed by atoms with Gasteiger partial charge in [-0.1, -0.05) is 5.16 Å². The minimum Gasteiger partial charge on any atom is -0.361 e. The van der Waals surface area contributed by atoms with E-state index in [1.165, 1.54) is 5.56 Å². The van der Waals surface area contributed by atoms with E-state index in [1.807, 2.05) is 13.8 Å². The molecule has 0 spiro atoms. The summed E-state index contributed by atoms with van der Waals surface area (Å²) in [7, 11) is 0. The van der Waals surface area contributed by atoms with Gasteiger partial charge in [0.1, 0.15) is 5.76 Å². The molecule has 2 heterocycles. The fraction of sp³-hybridized carbons (Fsp3) is 0.700. The number of hydrogen-bond acceptors (Lipinski definition) is 4. The van der Waals surface area contributed by atoms with E-state index in [9.17, 15) is 0 Å². The van der Waals surface area contributed by atoms with Crippen LogP contribution in [0.3, 0.4) is 0 Å². The highest BCUT2D eigenvalue weighted by molar-refractivity contribution is 5.20. The van der Waals surface area contributed by atoms with Gasteiger partial charge in [-0.05, 0) is 20.3 Å². The summed E-state index contributed by atoms with van der Waals surface area (Å²) < 4.78 is 5.12. The average Bonchev–Trinajstić information content (AvgIpc) is 2.67. The molecule has 1 saturated heterocycles. The van der Waals surface area contributed by atoms with Gasteiger partial charge >= 0.3 is 0 Å². The molecule has 1 aliphatic rings. The molecular weight excluding hydrogens is 178 g/mol. The summed E-state index contributed by atoms with van der Waals surface area (Å²) in [5, 5.41) is 3.94. The number of likely N-dealkylation sites (tertiary alicyclic amines) is 1. The van der Waals surface area contributed by atoms with E-state index < -0.39 is 0 Å². The maximum Gasteiger partial charge on any atom is 0.138 e. The predicted molar refractivity (Wildman–Crippen MR) is 53.8 cm³/mol. The van der Waals surface area contributed by atoms with Crippen LogP contribution in [0.15, 0.2) is 4.52 Å². The van der Waals surface area contributed by atoms with E-state index in [4.69, 9.17) is 10.3 Å². The smallest absolute Gasteiger partial charge is 0.138 e. The molecule has 0 aromatic carbocycles. The van der Waals surface area contributed by atoms with Crippen molar-refractivity contribution >= 4 is 0 Å². The lowest BCUT2D eigenvalue weighted by Gasteiger charge is -2.14. The van der Waals surface area contributed by atoms with Gasteiger partial charge in [0.05, 0.1) is 5.69 Å². The Bertz CT molecular complexity index is 302. The van der Waals surface area contributed by atoms with Gasteiger partial charge in [0.2, 0.25) is 0 Å². The van der Waals surface area contributed by atoms with Gasteiger partial charge in [-0.2, -0.15) is 0 Å². The van der Waals surface area contributed by atoms with Crippen LogP contribution in [0.25, 0.3) is 0 Å². The van der Waals surface area contributed by atoms with E-state index in [0.717, 1.165) is 37.5 Å². The summed E-state index contributed by atoms with van der Waals surface area (Å²) in [4.78, 5) is 2.36. The fourth-order valence-electron chi connectivity index (χ4n) is 1.96. The van der Waals surface area contributed by atoms with E-state index in [-0.39, 0.29) is 0 Å². The Morgan fingerprint density at radius 2 is 2.36 bits per heavy atom. The van der Waals surface area contributed by atoms with Crippen LogP contribution >= 0.6 is 0 Å². The van der Waals surface area contributed by atoms with E-state index in [0.29, 0.717) is 6.04 Å². The maximum atomic E-state index is 5.85. The molecule has 1 aliphatic heterocycles. The second-order valence-corrected chi connectivity index (χ2v) is 4.09. The van der Waals surface area contributed by atoms with Gasteiger partial charge in [-0.3, -0.25) is 4.90 Å². The van der Waals surface area contributed by atoms with E-state index in [1.54, 1.807) is 0 Å². The zero-order valence-electron chi connectivity index (χ0n) is 8.79. The molecule has 1 atom stereocenters. The number of rotatable bonds is 2. The van der Waals surface area contributed by atoms with Crippen LogP contribution in [0.5, 0.6) is 0 Å². The summed E-state index contributed by atoms with van der Waals surface area (Å²) in [6.07, 6.45) is 1.10. The van der Waals surface area contributed by atoms with Gasteiger partial charge in [0.25, 0.3) is 0 Å². The number of hydrogen-bond donors (Lipinski definition) is 1. The Labute approximate surface area is 84.0 Å². The van der Waals surface area contributed by atoms with Crippen LogP contribution in [-0.2, 0) is 6.54 Å². The second kappa shape index (κ2) is 3.71. The number of aromatic nitrogens is 1. The van der Waals surface area contributed by atoms with Crippen molar-refractivity contribution in [3.63, 3.8) is 0 Å². The highest BCUT2D eigenvalue weighted by Crippen LogP contribution is 2.17. The minimum absolute atomic E-state index is 0.343. The fourth-order valence-corrected chi connectivity index (χ4v) is 1.96. The molecule has 0 aliphatic carbocycles. The Morgan fingerprint density at radius 3 is 2.86 bits per heavy atom. The lowest BCUT2D eigenvalue weighted by atomic mass is 10.2. The van der Waals surface area contributed by atoms with Crippen molar-refractivity contribution in [2.75, 3.05) is 13.1 Å². The summed E-state index contributed by atoms with van der Waals surface area (Å²) in [6.45, 7) is 6.96. The lowest BCUT2D eigenvalue weighted by molar-refractivity contribution is 0.322. The van der Waals surface area contributed by atoms with Crippen molar-refractivity contribution in [1.29, 1.82) is 0 Å². The molecule has 1 aromatic rings. The van der Waals surface area contributed by atoms with Crippen molar-refractivity contribution in [3.8, 4) is 0 Å². The monoisotopic (exact) mass is 195 g/mol. The van der Waals surface area contributed by atoms with Crippen LogP contribution in [0.4, 0.5) is 0 Å². The van der Waals surface area contributed by atoms with Crippen LogP contribution in [0.2, 0.25) is 0 Å². The van der Waals surface area contributed by atoms with Crippen molar-refractivity contribution in [3.05, 3.63) is 17.0 Å². The molecular formula is C10H17N3O. The van der Waals surface area contributed by atoms with Gasteiger partial charge in [0, 0.05) is 31.2 Å². The standard InChI is InChI=1S/C10H17N3O/c1-7-10(8(2)14-12-7)6-13-4-3-9(11)5-13/h9H,3-6,11H2,1-2H3/t9-/m0/s1. The van der Waals surface area contributed by atoms with E-state index >= 15 is 0 Å². The summed E-state index contributed by atoms with van der Waals surface area (Å²) >= 11 is 0. The van der Waals surface area contributed by atoms with E-state index in [2.05, 4.69) is 10.1 Å². The van der Waals surface area contributed by atoms with Gasteiger partial charge in [-0.15, -0.1) is 0 Å². The largest absolute Gasteiger partial charge is 0.361 e. The molecule has 0 unspecified atom stereocenters. The minimum atomic E-state index is 0.343. The molecule has 2 N–H and O–H groups in total. The SMILES string of the molecule is Cc1noc(C)c1CN1CC[C@H](N)C1. The molecule has 1 aromatic heterocycles. The van der Waals surface area contributed by atoms with Crippen LogP contribution < -0.4 is 5.73 Å². The highest BCUT2D eigenvalue weighted by Gasteiger charge is 2.21. The predicted octanol–water partition coefficient (Wildman–Crippen LogP) is 0.824. The zero-order valence-corrected chi connectivity index (χ0v) is 8.79. The first kappa shape index (κ1) is 9.68. The third kappa shape index (κ3) is 1.81. The number of nitrogens with two attached hydrogens (primary N) is 1. The summed E-state index contributed by atoms with van der Waals surface area (Å²) in [5.41, 5.74) is 8.07. The Kier molecular flexibility index (Phi) is 2.56. The van der Waals surface area contributed by atoms with Crippen molar-refractivity contribution in [1.82, 2.24) is 10.1 Å². The molecule has 0 saturated carbocycles. The highest BCUT2D eigenvalue weighted by atomic mass is 16.5. The first-order valence-corrected chi connectivity index (χ1v) is 5.06. The van der Waals surface area contributed by atoms with Gasteiger partial charge in [0.15, 0.2) is 0 Å². The number of nitrogens with zero attached hydrogens (tertiary/aromatic N) is 2. The molecule has 0 radical (unpaired) electrons. The third-order valence-corrected chi connectivity index (χ3v) is 2.87. The van der Waals surface area contributed by atoms with Gasteiger partial charge in [-0.25, -0.2) is 0 Å². The first-order valence-electron chi connectivity index (χ1n) is 5.06. The molecule has 0 amide bonds. The maximum absolute atomic E-state index is 5.85. The molecule has 2 rings (SSSR count). The lowest BCUT2D eigenvalue weighted by Crippen LogP contribution is -2.26. The quantitative estimate of drug-likeness (QED) is 0.759. The zero-order chi connectivity index (χ0) is 10.1. The second-order valence-electron chi connectivity index (χ2n) is 4.09. The Morgan fingerprint density at radius 1 is 1.57 bits per heavy atom.